The first kappa shape index (κ1) is 12.8. The summed E-state index contributed by atoms with van der Waals surface area (Å²) in [7, 11) is 1.32. The molecule has 0 saturated heterocycles. The molecule has 0 heterocycles. The lowest BCUT2D eigenvalue weighted by atomic mass is 10.0. The first-order valence-electron chi connectivity index (χ1n) is 5.63. The van der Waals surface area contributed by atoms with Gasteiger partial charge in [-0.05, 0) is 40.6 Å². The van der Waals surface area contributed by atoms with Crippen LogP contribution in [0, 0.1) is 0 Å². The standard InChI is InChI=1S/C15H12O4/c1-19-14(16)7-3-10-2-4-12-9-13(15(17)18)6-5-11(12)8-10/h2-9H,1H3,(H,17,18). The molecule has 0 amide bonds. The van der Waals surface area contributed by atoms with Gasteiger partial charge < -0.3 is 9.84 Å². The number of carbonyl (C=O) groups is 2. The average molecular weight is 256 g/mol. The lowest BCUT2D eigenvalue weighted by Crippen LogP contribution is -1.95. The van der Waals surface area contributed by atoms with Gasteiger partial charge in [0.25, 0.3) is 0 Å². The van der Waals surface area contributed by atoms with E-state index in [-0.39, 0.29) is 5.56 Å². The Morgan fingerprint density at radius 1 is 1.11 bits per heavy atom. The van der Waals surface area contributed by atoms with Crippen LogP contribution < -0.4 is 0 Å². The Labute approximate surface area is 109 Å². The zero-order valence-corrected chi connectivity index (χ0v) is 10.3. The van der Waals surface area contributed by atoms with Crippen LogP contribution in [0.1, 0.15) is 15.9 Å². The molecular formula is C15H12O4. The molecule has 0 fully saturated rings. The highest BCUT2D eigenvalue weighted by Gasteiger charge is 2.03. The molecule has 0 spiro atoms. The highest BCUT2D eigenvalue weighted by Crippen LogP contribution is 2.19. The number of carboxylic acid groups (broad SMARTS) is 1. The van der Waals surface area contributed by atoms with Gasteiger partial charge in [0, 0.05) is 6.08 Å². The maximum Gasteiger partial charge on any atom is 0.335 e. The van der Waals surface area contributed by atoms with Crippen LogP contribution in [-0.4, -0.2) is 24.2 Å². The Morgan fingerprint density at radius 3 is 2.47 bits per heavy atom. The van der Waals surface area contributed by atoms with Gasteiger partial charge in [-0.15, -0.1) is 0 Å². The number of ether oxygens (including phenoxy) is 1. The Kier molecular flexibility index (Phi) is 3.61. The topological polar surface area (TPSA) is 63.6 Å². The van der Waals surface area contributed by atoms with E-state index >= 15 is 0 Å². The Hall–Kier alpha value is -2.62. The van der Waals surface area contributed by atoms with Crippen LogP contribution >= 0.6 is 0 Å². The molecular weight excluding hydrogens is 244 g/mol. The third-order valence-corrected chi connectivity index (χ3v) is 2.72. The number of hydrogen-bond acceptors (Lipinski definition) is 3. The fourth-order valence-electron chi connectivity index (χ4n) is 1.73. The van der Waals surface area contributed by atoms with E-state index in [4.69, 9.17) is 5.11 Å². The highest BCUT2D eigenvalue weighted by molar-refractivity contribution is 5.95. The number of hydrogen-bond donors (Lipinski definition) is 1. The summed E-state index contributed by atoms with van der Waals surface area (Å²) in [4.78, 5) is 21.9. The van der Waals surface area contributed by atoms with Crippen molar-refractivity contribution in [2.45, 2.75) is 0 Å². The van der Waals surface area contributed by atoms with Gasteiger partial charge in [-0.25, -0.2) is 9.59 Å². The molecule has 1 N–H and O–H groups in total. The van der Waals surface area contributed by atoms with Crippen LogP contribution in [0.3, 0.4) is 0 Å². The van der Waals surface area contributed by atoms with Crippen molar-refractivity contribution in [3.8, 4) is 0 Å². The normalized spacial score (nSPS) is 10.8. The van der Waals surface area contributed by atoms with E-state index in [1.165, 1.54) is 13.2 Å². The highest BCUT2D eigenvalue weighted by atomic mass is 16.5. The molecule has 0 aliphatic heterocycles. The van der Waals surface area contributed by atoms with Gasteiger partial charge >= 0.3 is 11.9 Å². The predicted octanol–water partition coefficient (Wildman–Crippen LogP) is 2.72. The van der Waals surface area contributed by atoms with E-state index in [1.807, 2.05) is 18.2 Å². The molecule has 0 saturated carbocycles. The van der Waals surface area contributed by atoms with E-state index < -0.39 is 11.9 Å². The molecule has 0 bridgehead atoms. The summed E-state index contributed by atoms with van der Waals surface area (Å²) in [6.45, 7) is 0. The van der Waals surface area contributed by atoms with Gasteiger partial charge in [0.05, 0.1) is 12.7 Å². The average Bonchev–Trinajstić information content (AvgIpc) is 2.43. The quantitative estimate of drug-likeness (QED) is 0.677. The largest absolute Gasteiger partial charge is 0.478 e. The van der Waals surface area contributed by atoms with Crippen molar-refractivity contribution in [3.63, 3.8) is 0 Å². The van der Waals surface area contributed by atoms with Crippen molar-refractivity contribution in [2.24, 2.45) is 0 Å². The lowest BCUT2D eigenvalue weighted by molar-refractivity contribution is -0.134. The van der Waals surface area contributed by atoms with E-state index in [2.05, 4.69) is 4.74 Å². The molecule has 0 aliphatic carbocycles. The first-order chi connectivity index (χ1) is 9.10. The fourth-order valence-corrected chi connectivity index (χ4v) is 1.73. The molecule has 4 heteroatoms. The number of rotatable bonds is 3. The summed E-state index contributed by atoms with van der Waals surface area (Å²) < 4.78 is 4.51. The summed E-state index contributed by atoms with van der Waals surface area (Å²) in [5.74, 6) is -1.36. The Bertz CT molecular complexity index is 671. The van der Waals surface area contributed by atoms with E-state index in [9.17, 15) is 9.59 Å². The molecule has 0 aliphatic rings. The molecule has 96 valence electrons. The minimum absolute atomic E-state index is 0.255. The lowest BCUT2D eigenvalue weighted by Gasteiger charge is -2.01. The van der Waals surface area contributed by atoms with Crippen molar-refractivity contribution in [1.82, 2.24) is 0 Å². The summed E-state index contributed by atoms with van der Waals surface area (Å²) in [6, 6.07) is 10.4. The maximum absolute atomic E-state index is 11.0. The van der Waals surface area contributed by atoms with Crippen LogP contribution in [0.5, 0.6) is 0 Å². The minimum Gasteiger partial charge on any atom is -0.478 e. The van der Waals surface area contributed by atoms with Crippen LogP contribution in [0.2, 0.25) is 0 Å². The number of fused-ring (bicyclic) bond motifs is 1. The number of aromatic carboxylic acids is 1. The van der Waals surface area contributed by atoms with Gasteiger partial charge in [-0.3, -0.25) is 0 Å². The number of benzene rings is 2. The van der Waals surface area contributed by atoms with E-state index in [0.717, 1.165) is 16.3 Å². The van der Waals surface area contributed by atoms with Crippen LogP contribution in [0.15, 0.2) is 42.5 Å². The molecule has 2 rings (SSSR count). The van der Waals surface area contributed by atoms with Crippen LogP contribution in [0.25, 0.3) is 16.8 Å². The molecule has 0 radical (unpaired) electrons. The third-order valence-electron chi connectivity index (χ3n) is 2.72. The molecule has 0 aromatic heterocycles. The maximum atomic E-state index is 11.0. The Morgan fingerprint density at radius 2 is 1.79 bits per heavy atom. The van der Waals surface area contributed by atoms with Crippen molar-refractivity contribution in [3.05, 3.63) is 53.6 Å². The number of methoxy groups -OCH3 is 1. The molecule has 19 heavy (non-hydrogen) atoms. The summed E-state index contributed by atoms with van der Waals surface area (Å²) in [5, 5.41) is 10.7. The molecule has 0 unspecified atom stereocenters. The van der Waals surface area contributed by atoms with Crippen molar-refractivity contribution in [2.75, 3.05) is 7.11 Å². The third kappa shape index (κ3) is 2.98. The zero-order valence-electron chi connectivity index (χ0n) is 10.3. The van der Waals surface area contributed by atoms with Crippen molar-refractivity contribution in [1.29, 1.82) is 0 Å². The number of carbonyl (C=O) groups excluding carboxylic acids is 1. The van der Waals surface area contributed by atoms with Gasteiger partial charge in [0.15, 0.2) is 0 Å². The van der Waals surface area contributed by atoms with Gasteiger partial charge in [0.1, 0.15) is 0 Å². The predicted molar refractivity (Wildman–Crippen MR) is 72.0 cm³/mol. The number of esters is 1. The molecule has 2 aromatic carbocycles. The zero-order chi connectivity index (χ0) is 13.8. The number of carboxylic acids is 1. The summed E-state index contributed by atoms with van der Waals surface area (Å²) in [6.07, 6.45) is 2.99. The smallest absolute Gasteiger partial charge is 0.335 e. The second-order valence-corrected chi connectivity index (χ2v) is 3.98. The van der Waals surface area contributed by atoms with Crippen molar-refractivity contribution < 1.29 is 19.4 Å². The monoisotopic (exact) mass is 256 g/mol. The second-order valence-electron chi connectivity index (χ2n) is 3.98. The first-order valence-corrected chi connectivity index (χ1v) is 5.63. The second kappa shape index (κ2) is 5.35. The van der Waals surface area contributed by atoms with E-state index in [0.29, 0.717) is 0 Å². The van der Waals surface area contributed by atoms with Crippen LogP contribution in [0.4, 0.5) is 0 Å². The fraction of sp³-hybridized carbons (Fsp3) is 0.0667. The van der Waals surface area contributed by atoms with Gasteiger partial charge in [-0.1, -0.05) is 18.2 Å². The minimum atomic E-state index is -0.948. The molecule has 0 atom stereocenters. The molecule has 4 nitrogen and oxygen atoms in total. The van der Waals surface area contributed by atoms with E-state index in [1.54, 1.807) is 24.3 Å². The van der Waals surface area contributed by atoms with Crippen molar-refractivity contribution >= 4 is 28.8 Å². The Balaban J connectivity index is 2.36. The molecule has 2 aromatic rings. The van der Waals surface area contributed by atoms with Gasteiger partial charge in [-0.2, -0.15) is 0 Å². The van der Waals surface area contributed by atoms with Gasteiger partial charge in [0.2, 0.25) is 0 Å². The SMILES string of the molecule is COC(=O)C=Cc1ccc2cc(C(=O)O)ccc2c1. The summed E-state index contributed by atoms with van der Waals surface area (Å²) >= 11 is 0. The summed E-state index contributed by atoms with van der Waals surface area (Å²) in [5.41, 5.74) is 1.10. The van der Waals surface area contributed by atoms with Crippen LogP contribution in [-0.2, 0) is 9.53 Å².